The smallest absolute Gasteiger partial charge is 0.0384 e. The Labute approximate surface area is 89.6 Å². The highest BCUT2D eigenvalue weighted by Gasteiger charge is 2.10. The van der Waals surface area contributed by atoms with Gasteiger partial charge >= 0.3 is 0 Å². The minimum atomic E-state index is 1.17. The van der Waals surface area contributed by atoms with Crippen molar-refractivity contribution in [2.24, 2.45) is 0 Å². The van der Waals surface area contributed by atoms with Crippen LogP contribution in [0.5, 0.6) is 0 Å². The number of hydrogen-bond donors (Lipinski definition) is 1. The minimum Gasteiger partial charge on any atom is -0.359 e. The van der Waals surface area contributed by atoms with Crippen LogP contribution in [0.3, 0.4) is 0 Å². The Morgan fingerprint density at radius 2 is 2.14 bits per heavy atom. The van der Waals surface area contributed by atoms with E-state index in [1.807, 2.05) is 18.7 Å². The summed E-state index contributed by atoms with van der Waals surface area (Å²) >= 11 is 1.99. The maximum atomic E-state index is 3.37. The lowest BCUT2D eigenvalue weighted by Gasteiger charge is -2.07. The van der Waals surface area contributed by atoms with Crippen molar-refractivity contribution in [2.45, 2.75) is 25.4 Å². The molecule has 0 spiro atoms. The Balaban J connectivity index is 2.21. The normalized spacial score (nSPS) is 15.4. The van der Waals surface area contributed by atoms with Crippen LogP contribution in [-0.4, -0.2) is 0 Å². The molecular weight excluding hydrogens is 190 g/mol. The first-order valence-electron chi connectivity index (χ1n) is 4.89. The Kier molecular flexibility index (Phi) is 2.82. The molecule has 0 saturated heterocycles. The molecule has 1 aromatic carbocycles. The Bertz CT molecular complexity index is 369. The van der Waals surface area contributed by atoms with Gasteiger partial charge in [-0.2, -0.15) is 11.8 Å². The third-order valence-electron chi connectivity index (χ3n) is 2.50. The first-order valence-corrected chi connectivity index (χ1v) is 6.04. The highest BCUT2D eigenvalue weighted by atomic mass is 32.2. The molecule has 0 saturated carbocycles. The summed E-state index contributed by atoms with van der Waals surface area (Å²) in [5, 5.41) is 3.37. The predicted octanol–water partition coefficient (Wildman–Crippen LogP) is 3.77. The lowest BCUT2D eigenvalue weighted by Crippen LogP contribution is -1.95. The zero-order valence-corrected chi connectivity index (χ0v) is 9.45. The van der Waals surface area contributed by atoms with Crippen molar-refractivity contribution >= 4 is 17.4 Å². The molecule has 0 amide bonds. The summed E-state index contributed by atoms with van der Waals surface area (Å²) in [7, 11) is 0. The molecule has 1 aromatic rings. The summed E-state index contributed by atoms with van der Waals surface area (Å²) in [5.41, 5.74) is 5.40. The second-order valence-electron chi connectivity index (χ2n) is 3.57. The molecule has 0 bridgehead atoms. The van der Waals surface area contributed by atoms with E-state index in [0.717, 1.165) is 0 Å². The largest absolute Gasteiger partial charge is 0.359 e. The van der Waals surface area contributed by atoms with Crippen molar-refractivity contribution in [1.82, 2.24) is 0 Å². The molecule has 1 N–H and O–H groups in total. The van der Waals surface area contributed by atoms with Crippen LogP contribution in [0.25, 0.3) is 0 Å². The summed E-state index contributed by atoms with van der Waals surface area (Å²) in [6, 6.07) is 6.67. The van der Waals surface area contributed by atoms with Gasteiger partial charge in [0, 0.05) is 22.9 Å². The molecule has 0 aliphatic carbocycles. The minimum absolute atomic E-state index is 1.17. The number of benzene rings is 1. The second kappa shape index (κ2) is 4.09. The lowest BCUT2D eigenvalue weighted by molar-refractivity contribution is 1.31. The lowest BCUT2D eigenvalue weighted by atomic mass is 10.1. The van der Waals surface area contributed by atoms with Crippen LogP contribution in [0.1, 0.15) is 25.0 Å². The molecular formula is C12H15NS. The second-order valence-corrected chi connectivity index (χ2v) is 4.56. The molecule has 0 atom stereocenters. The highest BCUT2D eigenvalue weighted by Crippen LogP contribution is 2.31. The monoisotopic (exact) mass is 205 g/mol. The Morgan fingerprint density at radius 1 is 1.36 bits per heavy atom. The van der Waals surface area contributed by atoms with E-state index in [-0.39, 0.29) is 0 Å². The fraction of sp³-hybridized carbons (Fsp3) is 0.333. The van der Waals surface area contributed by atoms with E-state index in [1.54, 1.807) is 0 Å². The summed E-state index contributed by atoms with van der Waals surface area (Å²) < 4.78 is 0. The number of fused-ring (bicyclic) bond motifs is 1. The maximum Gasteiger partial charge on any atom is 0.0384 e. The van der Waals surface area contributed by atoms with Crippen molar-refractivity contribution in [3.8, 4) is 0 Å². The van der Waals surface area contributed by atoms with Crippen molar-refractivity contribution in [1.29, 1.82) is 0 Å². The van der Waals surface area contributed by atoms with Crippen LogP contribution in [-0.2, 0) is 11.5 Å². The molecule has 2 rings (SSSR count). The molecule has 1 heterocycles. The van der Waals surface area contributed by atoms with Gasteiger partial charge in [0.2, 0.25) is 0 Å². The van der Waals surface area contributed by atoms with Crippen molar-refractivity contribution in [3.05, 3.63) is 41.1 Å². The SMILES string of the molecule is C/C=C(\C)Nc1ccc2c(c1)CSC2. The molecule has 1 aliphatic heterocycles. The summed E-state index contributed by atoms with van der Waals surface area (Å²) in [5.74, 6) is 2.35. The fourth-order valence-electron chi connectivity index (χ4n) is 1.55. The standard InChI is InChI=1S/C12H15NS/c1-3-9(2)13-12-5-4-10-7-14-8-11(10)6-12/h3-6,13H,7-8H2,1-2H3/b9-3+. The van der Waals surface area contributed by atoms with E-state index in [1.165, 1.54) is 34.0 Å². The average molecular weight is 205 g/mol. The summed E-state index contributed by atoms with van der Waals surface area (Å²) in [6.45, 7) is 4.13. The zero-order valence-electron chi connectivity index (χ0n) is 8.63. The molecule has 0 fully saturated rings. The maximum absolute atomic E-state index is 3.37. The van der Waals surface area contributed by atoms with E-state index in [2.05, 4.69) is 36.5 Å². The van der Waals surface area contributed by atoms with E-state index in [4.69, 9.17) is 0 Å². The number of rotatable bonds is 2. The fourth-order valence-corrected chi connectivity index (χ4v) is 2.64. The molecule has 1 nitrogen and oxygen atoms in total. The molecule has 14 heavy (non-hydrogen) atoms. The molecule has 0 unspecified atom stereocenters. The third-order valence-corrected chi connectivity index (χ3v) is 3.53. The van der Waals surface area contributed by atoms with Crippen molar-refractivity contribution in [2.75, 3.05) is 5.32 Å². The van der Waals surface area contributed by atoms with Crippen LogP contribution < -0.4 is 5.32 Å². The van der Waals surface area contributed by atoms with Gasteiger partial charge in [-0.3, -0.25) is 0 Å². The van der Waals surface area contributed by atoms with Crippen LogP contribution in [0.4, 0.5) is 5.69 Å². The Hall–Kier alpha value is -0.890. The molecule has 2 heteroatoms. The van der Waals surface area contributed by atoms with Gasteiger partial charge in [-0.15, -0.1) is 0 Å². The van der Waals surface area contributed by atoms with Gasteiger partial charge in [0.15, 0.2) is 0 Å². The summed E-state index contributed by atoms with van der Waals surface area (Å²) in [6.07, 6.45) is 2.09. The number of nitrogens with one attached hydrogen (secondary N) is 1. The van der Waals surface area contributed by atoms with E-state index < -0.39 is 0 Å². The van der Waals surface area contributed by atoms with Gasteiger partial charge in [0.1, 0.15) is 0 Å². The quantitative estimate of drug-likeness (QED) is 0.788. The molecule has 0 aromatic heterocycles. The van der Waals surface area contributed by atoms with Gasteiger partial charge in [0.25, 0.3) is 0 Å². The van der Waals surface area contributed by atoms with Gasteiger partial charge in [-0.05, 0) is 37.1 Å². The van der Waals surface area contributed by atoms with Gasteiger partial charge in [-0.1, -0.05) is 12.1 Å². The van der Waals surface area contributed by atoms with Crippen LogP contribution in [0.15, 0.2) is 30.0 Å². The Morgan fingerprint density at radius 3 is 2.93 bits per heavy atom. The first kappa shape index (κ1) is 9.66. The van der Waals surface area contributed by atoms with E-state index in [9.17, 15) is 0 Å². The molecule has 0 radical (unpaired) electrons. The average Bonchev–Trinajstić information content (AvgIpc) is 2.64. The molecule has 1 aliphatic rings. The van der Waals surface area contributed by atoms with E-state index >= 15 is 0 Å². The first-order chi connectivity index (χ1) is 6.79. The number of hydrogen-bond acceptors (Lipinski definition) is 2. The van der Waals surface area contributed by atoms with Crippen LogP contribution >= 0.6 is 11.8 Å². The number of allylic oxidation sites excluding steroid dienone is 2. The van der Waals surface area contributed by atoms with Gasteiger partial charge in [-0.25, -0.2) is 0 Å². The summed E-state index contributed by atoms with van der Waals surface area (Å²) in [4.78, 5) is 0. The van der Waals surface area contributed by atoms with Crippen molar-refractivity contribution < 1.29 is 0 Å². The number of anilines is 1. The molecule has 74 valence electrons. The number of thioether (sulfide) groups is 1. The topological polar surface area (TPSA) is 12.0 Å². The van der Waals surface area contributed by atoms with Gasteiger partial charge < -0.3 is 5.32 Å². The van der Waals surface area contributed by atoms with Crippen LogP contribution in [0.2, 0.25) is 0 Å². The van der Waals surface area contributed by atoms with Gasteiger partial charge in [0.05, 0.1) is 0 Å². The van der Waals surface area contributed by atoms with Crippen LogP contribution in [0, 0.1) is 0 Å². The van der Waals surface area contributed by atoms with Crippen molar-refractivity contribution in [3.63, 3.8) is 0 Å². The highest BCUT2D eigenvalue weighted by molar-refractivity contribution is 7.98. The zero-order chi connectivity index (χ0) is 9.97. The third kappa shape index (κ3) is 1.95. The van der Waals surface area contributed by atoms with E-state index in [0.29, 0.717) is 0 Å². The predicted molar refractivity (Wildman–Crippen MR) is 64.5 cm³/mol.